The number of primary amides is 1. The van der Waals surface area contributed by atoms with Crippen molar-refractivity contribution in [3.05, 3.63) is 4.88 Å². The number of aromatic nitrogens is 2. The van der Waals surface area contributed by atoms with Crippen molar-refractivity contribution < 1.29 is 9.53 Å². The molecule has 0 aromatic carbocycles. The maximum absolute atomic E-state index is 11.5. The number of amides is 1. The van der Waals surface area contributed by atoms with Crippen LogP contribution in [0.3, 0.4) is 0 Å². The topological polar surface area (TPSA) is 133 Å². The molecule has 124 valence electrons. The second kappa shape index (κ2) is 6.17. The minimum atomic E-state index is -0.571. The van der Waals surface area contributed by atoms with Gasteiger partial charge in [-0.05, 0) is 19.8 Å². The average molecular weight is 336 g/mol. The summed E-state index contributed by atoms with van der Waals surface area (Å²) in [6.07, 6.45) is 1.79. The Balaban J connectivity index is 2.08. The second-order valence-corrected chi connectivity index (χ2v) is 6.47. The van der Waals surface area contributed by atoms with E-state index in [4.69, 9.17) is 21.9 Å². The highest BCUT2D eigenvalue weighted by Crippen LogP contribution is 2.38. The van der Waals surface area contributed by atoms with E-state index in [1.54, 1.807) is 0 Å². The monoisotopic (exact) mass is 336 g/mol. The third-order valence-electron chi connectivity index (χ3n) is 3.87. The molecule has 0 radical (unpaired) electrons. The molecule has 0 bridgehead atoms. The van der Waals surface area contributed by atoms with Gasteiger partial charge in [0.05, 0.1) is 17.7 Å². The van der Waals surface area contributed by atoms with Crippen molar-refractivity contribution in [3.8, 4) is 5.88 Å². The molecule has 0 atom stereocenters. The smallest absolute Gasteiger partial charge is 0.260 e. The van der Waals surface area contributed by atoms with E-state index < -0.39 is 5.91 Å². The molecule has 2 aromatic heterocycles. The zero-order chi connectivity index (χ0) is 16.6. The summed E-state index contributed by atoms with van der Waals surface area (Å²) in [7, 11) is 0. The number of fused-ring (bicyclic) bond motifs is 1. The fourth-order valence-electron chi connectivity index (χ4n) is 2.64. The minimum Gasteiger partial charge on any atom is -0.477 e. The Hall–Kier alpha value is -2.13. The van der Waals surface area contributed by atoms with E-state index in [1.807, 2.05) is 6.92 Å². The molecule has 2 aromatic rings. The third-order valence-corrected chi connectivity index (χ3v) is 4.98. The number of nitrogens with zero attached hydrogens (tertiary/aromatic N) is 3. The normalized spacial score (nSPS) is 16.0. The first kappa shape index (κ1) is 15.8. The van der Waals surface area contributed by atoms with Gasteiger partial charge in [-0.2, -0.15) is 4.98 Å². The minimum absolute atomic E-state index is 0.222. The lowest BCUT2D eigenvalue weighted by atomic mass is 10.1. The molecule has 1 amide bonds. The molecule has 1 saturated heterocycles. The predicted octanol–water partition coefficient (Wildman–Crippen LogP) is 0.699. The first-order valence-electron chi connectivity index (χ1n) is 7.54. The van der Waals surface area contributed by atoms with E-state index in [9.17, 15) is 4.79 Å². The summed E-state index contributed by atoms with van der Waals surface area (Å²) in [5, 5.41) is 0.558. The van der Waals surface area contributed by atoms with Gasteiger partial charge in [-0.1, -0.05) is 0 Å². The lowest BCUT2D eigenvalue weighted by Crippen LogP contribution is -2.40. The molecule has 23 heavy (non-hydrogen) atoms. The summed E-state index contributed by atoms with van der Waals surface area (Å²) < 4.78 is 5.62. The van der Waals surface area contributed by atoms with Crippen molar-refractivity contribution >= 4 is 39.1 Å². The molecule has 0 aliphatic carbocycles. The molecule has 6 N–H and O–H groups in total. The van der Waals surface area contributed by atoms with Gasteiger partial charge in [-0.3, -0.25) is 4.79 Å². The van der Waals surface area contributed by atoms with Crippen LogP contribution in [0, 0.1) is 0 Å². The molecule has 0 saturated carbocycles. The van der Waals surface area contributed by atoms with Gasteiger partial charge in [0.25, 0.3) is 5.91 Å². The molecular weight excluding hydrogens is 316 g/mol. The van der Waals surface area contributed by atoms with Crippen LogP contribution >= 0.6 is 11.3 Å². The Bertz CT molecular complexity index is 738. The van der Waals surface area contributed by atoms with Crippen LogP contribution in [-0.2, 0) is 0 Å². The van der Waals surface area contributed by atoms with Crippen molar-refractivity contribution in [2.45, 2.75) is 25.8 Å². The molecule has 9 heteroatoms. The van der Waals surface area contributed by atoms with Crippen LogP contribution in [0.4, 0.5) is 11.6 Å². The summed E-state index contributed by atoms with van der Waals surface area (Å²) in [5.74, 6) is 0.396. The lowest BCUT2D eigenvalue weighted by molar-refractivity contribution is 0.100. The molecular formula is C14H20N6O2S. The molecule has 0 unspecified atom stereocenters. The fraction of sp³-hybridized carbons (Fsp3) is 0.500. The highest BCUT2D eigenvalue weighted by molar-refractivity contribution is 7.21. The number of piperidine rings is 1. The number of thiophene rings is 1. The van der Waals surface area contributed by atoms with Crippen LogP contribution in [0.25, 0.3) is 10.2 Å². The Morgan fingerprint density at radius 2 is 2.09 bits per heavy atom. The van der Waals surface area contributed by atoms with E-state index in [-0.39, 0.29) is 16.6 Å². The van der Waals surface area contributed by atoms with Crippen LogP contribution in [0.1, 0.15) is 29.4 Å². The number of rotatable bonds is 4. The molecule has 1 aliphatic heterocycles. The predicted molar refractivity (Wildman–Crippen MR) is 90.9 cm³/mol. The quantitative estimate of drug-likeness (QED) is 0.748. The molecule has 1 aliphatic rings. The molecule has 0 spiro atoms. The van der Waals surface area contributed by atoms with E-state index in [2.05, 4.69) is 14.9 Å². The number of anilines is 2. The van der Waals surface area contributed by atoms with Crippen molar-refractivity contribution in [2.24, 2.45) is 11.5 Å². The van der Waals surface area contributed by atoms with Gasteiger partial charge in [0.1, 0.15) is 9.71 Å². The Labute approximate surface area is 137 Å². The van der Waals surface area contributed by atoms with E-state index in [1.165, 1.54) is 11.3 Å². The van der Waals surface area contributed by atoms with E-state index in [0.717, 1.165) is 25.9 Å². The Morgan fingerprint density at radius 1 is 1.39 bits per heavy atom. The van der Waals surface area contributed by atoms with Crippen LogP contribution in [-0.4, -0.2) is 41.6 Å². The number of ether oxygens (including phenoxy) is 1. The van der Waals surface area contributed by atoms with Gasteiger partial charge in [-0.15, -0.1) is 11.3 Å². The van der Waals surface area contributed by atoms with E-state index >= 15 is 0 Å². The SMILES string of the molecule is CCOc1nc(N2CCC(N)CC2)nc2sc(C(N)=O)c(N)c12. The number of nitrogen functional groups attached to an aromatic ring is 1. The van der Waals surface area contributed by atoms with E-state index in [0.29, 0.717) is 28.7 Å². The Morgan fingerprint density at radius 3 is 2.70 bits per heavy atom. The summed E-state index contributed by atoms with van der Waals surface area (Å²) in [6.45, 7) is 3.90. The third kappa shape index (κ3) is 2.89. The summed E-state index contributed by atoms with van der Waals surface area (Å²) in [4.78, 5) is 23.5. The van der Waals surface area contributed by atoms with Gasteiger partial charge in [0.15, 0.2) is 0 Å². The van der Waals surface area contributed by atoms with Crippen molar-refractivity contribution in [3.63, 3.8) is 0 Å². The number of carbonyl (C=O) groups is 1. The standard InChI is InChI=1S/C14H20N6O2S/c1-2-22-12-8-9(16)10(11(17)21)23-13(8)19-14(18-12)20-5-3-7(15)4-6-20/h7H,2-6,15-16H2,1H3,(H2,17,21). The zero-order valence-corrected chi connectivity index (χ0v) is 13.7. The fourth-order valence-corrected chi connectivity index (χ4v) is 3.58. The first-order chi connectivity index (χ1) is 11.0. The molecule has 8 nitrogen and oxygen atoms in total. The summed E-state index contributed by atoms with van der Waals surface area (Å²) in [6, 6.07) is 0.222. The van der Waals surface area contributed by atoms with Crippen LogP contribution < -0.4 is 26.8 Å². The average Bonchev–Trinajstić information content (AvgIpc) is 2.86. The summed E-state index contributed by atoms with van der Waals surface area (Å²) >= 11 is 1.17. The van der Waals surface area contributed by atoms with Gasteiger partial charge >= 0.3 is 0 Å². The van der Waals surface area contributed by atoms with Gasteiger partial charge in [0, 0.05) is 19.1 Å². The molecule has 3 rings (SSSR count). The number of nitrogens with two attached hydrogens (primary N) is 3. The first-order valence-corrected chi connectivity index (χ1v) is 8.36. The largest absolute Gasteiger partial charge is 0.477 e. The van der Waals surface area contributed by atoms with Crippen molar-refractivity contribution in [1.82, 2.24) is 9.97 Å². The maximum Gasteiger partial charge on any atom is 0.260 e. The maximum atomic E-state index is 11.5. The van der Waals surface area contributed by atoms with Crippen molar-refractivity contribution in [1.29, 1.82) is 0 Å². The zero-order valence-electron chi connectivity index (χ0n) is 12.9. The molecule has 1 fully saturated rings. The Kier molecular flexibility index (Phi) is 4.22. The summed E-state index contributed by atoms with van der Waals surface area (Å²) in [5.41, 5.74) is 17.6. The van der Waals surface area contributed by atoms with Crippen LogP contribution in [0.2, 0.25) is 0 Å². The highest BCUT2D eigenvalue weighted by atomic mass is 32.1. The highest BCUT2D eigenvalue weighted by Gasteiger charge is 2.24. The molecule has 3 heterocycles. The lowest BCUT2D eigenvalue weighted by Gasteiger charge is -2.30. The van der Waals surface area contributed by atoms with Gasteiger partial charge < -0.3 is 26.8 Å². The number of carbonyl (C=O) groups excluding carboxylic acids is 1. The number of hydrogen-bond acceptors (Lipinski definition) is 8. The van der Waals surface area contributed by atoms with Gasteiger partial charge in [0.2, 0.25) is 11.8 Å². The van der Waals surface area contributed by atoms with Crippen LogP contribution in [0.5, 0.6) is 5.88 Å². The second-order valence-electron chi connectivity index (χ2n) is 5.48. The number of hydrogen-bond donors (Lipinski definition) is 3. The van der Waals surface area contributed by atoms with Gasteiger partial charge in [-0.25, -0.2) is 4.98 Å². The van der Waals surface area contributed by atoms with Crippen molar-refractivity contribution in [2.75, 3.05) is 30.3 Å². The van der Waals surface area contributed by atoms with Crippen LogP contribution in [0.15, 0.2) is 0 Å².